The quantitative estimate of drug-likeness (QED) is 0.723. The summed E-state index contributed by atoms with van der Waals surface area (Å²) in [6.07, 6.45) is 0.257. The maximum Gasteiger partial charge on any atom is 0.262 e. The van der Waals surface area contributed by atoms with Gasteiger partial charge in [0.1, 0.15) is 16.5 Å². The van der Waals surface area contributed by atoms with Crippen molar-refractivity contribution >= 4 is 17.5 Å². The highest BCUT2D eigenvalue weighted by Crippen LogP contribution is 2.35. The molecular weight excluding hydrogens is 346 g/mol. The molecule has 1 fully saturated rings. The minimum atomic E-state index is -1.68. The third-order valence-corrected chi connectivity index (χ3v) is 4.46. The second-order valence-electron chi connectivity index (χ2n) is 5.92. The van der Waals surface area contributed by atoms with Gasteiger partial charge in [-0.25, -0.2) is 4.98 Å². The molecule has 0 radical (unpaired) electrons. The van der Waals surface area contributed by atoms with Crippen LogP contribution in [-0.2, 0) is 10.4 Å². The van der Waals surface area contributed by atoms with Crippen LogP contribution in [0.2, 0.25) is 5.15 Å². The van der Waals surface area contributed by atoms with Gasteiger partial charge in [0.15, 0.2) is 17.3 Å². The molecule has 0 aliphatic carbocycles. The minimum Gasteiger partial charge on any atom is -0.453 e. The lowest BCUT2D eigenvalue weighted by atomic mass is 9.99. The summed E-state index contributed by atoms with van der Waals surface area (Å²) in [5, 5.41) is 14.9. The highest BCUT2D eigenvalue weighted by Gasteiger charge is 2.48. The largest absolute Gasteiger partial charge is 0.453 e. The molecule has 0 saturated carbocycles. The predicted molar refractivity (Wildman–Crippen MR) is 88.6 cm³/mol. The molecule has 0 spiro atoms. The summed E-state index contributed by atoms with van der Waals surface area (Å²) in [6, 6.07) is 10.2. The van der Waals surface area contributed by atoms with Crippen LogP contribution in [0.25, 0.3) is 22.9 Å². The van der Waals surface area contributed by atoms with Crippen molar-refractivity contribution in [2.45, 2.75) is 12.0 Å². The lowest BCUT2D eigenvalue weighted by Crippen LogP contribution is -2.35. The molecule has 1 amide bonds. The van der Waals surface area contributed by atoms with E-state index in [9.17, 15) is 9.90 Å². The molecule has 7 nitrogen and oxygen atoms in total. The summed E-state index contributed by atoms with van der Waals surface area (Å²) in [5.74, 6) is 0.667. The van der Waals surface area contributed by atoms with Crippen LogP contribution in [0, 0.1) is 0 Å². The number of aromatic nitrogens is 2. The van der Waals surface area contributed by atoms with E-state index in [0.717, 1.165) is 0 Å². The molecule has 0 aromatic carbocycles. The number of hydrogen-bond donors (Lipinski definition) is 1. The van der Waals surface area contributed by atoms with Crippen LogP contribution in [0.5, 0.6) is 0 Å². The summed E-state index contributed by atoms with van der Waals surface area (Å²) in [5.41, 5.74) is -0.697. The van der Waals surface area contributed by atoms with Crippen molar-refractivity contribution in [3.63, 3.8) is 0 Å². The van der Waals surface area contributed by atoms with Gasteiger partial charge in [-0.05, 0) is 24.3 Å². The average molecular weight is 360 g/mol. The number of pyridine rings is 1. The fraction of sp³-hybridized carbons (Fsp3) is 0.235. The molecule has 1 atom stereocenters. The van der Waals surface area contributed by atoms with Crippen molar-refractivity contribution in [1.29, 1.82) is 0 Å². The van der Waals surface area contributed by atoms with Gasteiger partial charge in [0, 0.05) is 26.1 Å². The van der Waals surface area contributed by atoms with E-state index in [4.69, 9.17) is 20.5 Å². The van der Waals surface area contributed by atoms with Gasteiger partial charge in [0.25, 0.3) is 5.91 Å². The number of carbonyl (C=O) groups excluding carboxylic acids is 1. The van der Waals surface area contributed by atoms with E-state index < -0.39 is 11.5 Å². The standard InChI is InChI=1S/C17H14ClN3O4/c1-21-8-7-17(23,16(21)22)14-9-11(20-25-14)13-6-5-12(24-13)10-3-2-4-15(18)19-10/h2-6,9,23H,7-8H2,1H3. The highest BCUT2D eigenvalue weighted by atomic mass is 35.5. The van der Waals surface area contributed by atoms with Crippen LogP contribution in [0.15, 0.2) is 45.3 Å². The zero-order valence-corrected chi connectivity index (χ0v) is 14.0. The molecule has 4 heterocycles. The minimum absolute atomic E-state index is 0.107. The summed E-state index contributed by atoms with van der Waals surface area (Å²) >= 11 is 5.89. The van der Waals surface area contributed by atoms with E-state index in [1.165, 1.54) is 11.0 Å². The Hall–Kier alpha value is -2.64. The monoisotopic (exact) mass is 359 g/mol. The van der Waals surface area contributed by atoms with Gasteiger partial charge in [0.05, 0.1) is 0 Å². The van der Waals surface area contributed by atoms with Gasteiger partial charge in [-0.1, -0.05) is 22.8 Å². The van der Waals surface area contributed by atoms with E-state index in [-0.39, 0.29) is 12.2 Å². The first-order valence-electron chi connectivity index (χ1n) is 7.66. The molecule has 3 aromatic rings. The van der Waals surface area contributed by atoms with Gasteiger partial charge in [0.2, 0.25) is 5.60 Å². The number of amides is 1. The van der Waals surface area contributed by atoms with E-state index in [0.29, 0.717) is 34.6 Å². The Balaban J connectivity index is 1.64. The van der Waals surface area contributed by atoms with E-state index in [2.05, 4.69) is 10.1 Å². The Morgan fingerprint density at radius 2 is 2.00 bits per heavy atom. The zero-order chi connectivity index (χ0) is 17.6. The Labute approximate surface area is 147 Å². The van der Waals surface area contributed by atoms with E-state index >= 15 is 0 Å². The van der Waals surface area contributed by atoms with Crippen molar-refractivity contribution in [3.8, 4) is 22.9 Å². The van der Waals surface area contributed by atoms with E-state index in [1.54, 1.807) is 37.4 Å². The van der Waals surface area contributed by atoms with Gasteiger partial charge < -0.3 is 18.9 Å². The maximum absolute atomic E-state index is 12.1. The second kappa shape index (κ2) is 5.72. The predicted octanol–water partition coefficient (Wildman–Crippen LogP) is 2.70. The second-order valence-corrected chi connectivity index (χ2v) is 6.31. The molecule has 25 heavy (non-hydrogen) atoms. The number of likely N-dealkylation sites (tertiary alicyclic amines) is 1. The van der Waals surface area contributed by atoms with Crippen molar-refractivity contribution in [3.05, 3.63) is 47.3 Å². The topological polar surface area (TPSA) is 92.6 Å². The molecule has 1 aliphatic rings. The number of furan rings is 1. The molecule has 1 saturated heterocycles. The summed E-state index contributed by atoms with van der Waals surface area (Å²) in [7, 11) is 1.63. The lowest BCUT2D eigenvalue weighted by Gasteiger charge is -2.16. The number of aliphatic hydroxyl groups is 1. The molecule has 128 valence electrons. The van der Waals surface area contributed by atoms with Gasteiger partial charge in [-0.2, -0.15) is 0 Å². The Morgan fingerprint density at radius 3 is 2.68 bits per heavy atom. The van der Waals surface area contributed by atoms with Crippen LogP contribution in [0.3, 0.4) is 0 Å². The molecule has 1 unspecified atom stereocenters. The number of hydrogen-bond acceptors (Lipinski definition) is 6. The first kappa shape index (κ1) is 15.9. The Bertz CT molecular complexity index is 951. The number of nitrogens with zero attached hydrogens (tertiary/aromatic N) is 3. The molecule has 1 N–H and O–H groups in total. The van der Waals surface area contributed by atoms with Crippen LogP contribution in [0.4, 0.5) is 0 Å². The molecular formula is C17H14ClN3O4. The average Bonchev–Trinajstić information content (AvgIpc) is 3.31. The van der Waals surface area contributed by atoms with E-state index in [1.807, 2.05) is 0 Å². The molecule has 0 bridgehead atoms. The van der Waals surface area contributed by atoms with Crippen LogP contribution >= 0.6 is 11.6 Å². The third-order valence-electron chi connectivity index (χ3n) is 4.25. The summed E-state index contributed by atoms with van der Waals surface area (Å²) < 4.78 is 11.0. The highest BCUT2D eigenvalue weighted by molar-refractivity contribution is 6.29. The zero-order valence-electron chi connectivity index (χ0n) is 13.3. The number of rotatable bonds is 3. The van der Waals surface area contributed by atoms with Crippen molar-refractivity contribution in [2.24, 2.45) is 0 Å². The third kappa shape index (κ3) is 2.61. The number of likely N-dealkylation sites (N-methyl/N-ethyl adjacent to an activating group) is 1. The Kier molecular flexibility index (Phi) is 3.63. The summed E-state index contributed by atoms with van der Waals surface area (Å²) in [6.45, 7) is 0.455. The van der Waals surface area contributed by atoms with Gasteiger partial charge in [-0.3, -0.25) is 4.79 Å². The van der Waals surface area contributed by atoms with Crippen LogP contribution in [0.1, 0.15) is 12.2 Å². The fourth-order valence-electron chi connectivity index (χ4n) is 2.83. The molecule has 1 aliphatic heterocycles. The summed E-state index contributed by atoms with van der Waals surface area (Å²) in [4.78, 5) is 17.8. The normalized spacial score (nSPS) is 20.4. The van der Waals surface area contributed by atoms with Crippen molar-refractivity contribution in [1.82, 2.24) is 15.0 Å². The van der Waals surface area contributed by atoms with Crippen molar-refractivity contribution in [2.75, 3.05) is 13.6 Å². The smallest absolute Gasteiger partial charge is 0.262 e. The first-order chi connectivity index (χ1) is 12.0. The van der Waals surface area contributed by atoms with Crippen molar-refractivity contribution < 1.29 is 18.8 Å². The number of halogens is 1. The molecule has 8 heteroatoms. The lowest BCUT2D eigenvalue weighted by molar-refractivity contribution is -0.144. The fourth-order valence-corrected chi connectivity index (χ4v) is 2.99. The van der Waals surface area contributed by atoms with Crippen LogP contribution in [-0.4, -0.2) is 39.6 Å². The number of carbonyl (C=O) groups is 1. The van der Waals surface area contributed by atoms with Gasteiger partial charge in [-0.15, -0.1) is 0 Å². The SMILES string of the molecule is CN1CCC(O)(c2cc(-c3ccc(-c4cccc(Cl)n4)o3)no2)C1=O. The Morgan fingerprint density at radius 1 is 1.24 bits per heavy atom. The maximum atomic E-state index is 12.1. The molecule has 4 rings (SSSR count). The van der Waals surface area contributed by atoms with Crippen LogP contribution < -0.4 is 0 Å². The first-order valence-corrected chi connectivity index (χ1v) is 8.03. The molecule has 3 aromatic heterocycles. The van der Waals surface area contributed by atoms with Gasteiger partial charge >= 0.3 is 0 Å².